The Morgan fingerprint density at radius 2 is 1.68 bits per heavy atom. The Bertz CT molecular complexity index is 1090. The molecule has 0 aliphatic carbocycles. The van der Waals surface area contributed by atoms with Crippen LogP contribution in [0.25, 0.3) is 0 Å². The molecule has 0 bridgehead atoms. The topological polar surface area (TPSA) is 122 Å². The number of halogens is 2. The summed E-state index contributed by atoms with van der Waals surface area (Å²) in [6, 6.07) is 2.41. The molecule has 1 aromatic carbocycles. The van der Waals surface area contributed by atoms with E-state index in [1.165, 1.54) is 15.3 Å². The maximum atomic E-state index is 13.2. The molecule has 2 N–H and O–H groups in total. The second-order valence-corrected chi connectivity index (χ2v) is 16.6. The minimum Gasteiger partial charge on any atom is -0.598 e. The monoisotopic (exact) mass is 597 g/mol. The van der Waals surface area contributed by atoms with Gasteiger partial charge in [0.25, 0.3) is 0 Å². The summed E-state index contributed by atoms with van der Waals surface area (Å²) in [5.74, 6) is -0.176. The maximum absolute atomic E-state index is 13.2. The third kappa shape index (κ3) is 7.38. The molecule has 0 saturated carbocycles. The van der Waals surface area contributed by atoms with Crippen molar-refractivity contribution in [3.8, 4) is 5.75 Å². The molecule has 37 heavy (non-hydrogen) atoms. The zero-order chi connectivity index (χ0) is 27.9. The molecule has 13 heteroatoms. The van der Waals surface area contributed by atoms with Crippen LogP contribution in [-0.4, -0.2) is 75.2 Å². The average Bonchev–Trinajstić information content (AvgIpc) is 2.71. The van der Waals surface area contributed by atoms with E-state index >= 15 is 0 Å². The highest BCUT2D eigenvalue weighted by atomic mass is 35.5. The van der Waals surface area contributed by atoms with Gasteiger partial charge in [0.15, 0.2) is 0 Å². The number of sulfonamides is 1. The van der Waals surface area contributed by atoms with Gasteiger partial charge < -0.3 is 19.3 Å². The lowest BCUT2D eigenvalue weighted by Crippen LogP contribution is -2.61. The number of nitrogens with one attached hydrogen (secondary N) is 1. The van der Waals surface area contributed by atoms with E-state index in [1.54, 1.807) is 26.8 Å². The van der Waals surface area contributed by atoms with Crippen molar-refractivity contribution in [1.29, 1.82) is 0 Å². The average molecular weight is 599 g/mol. The zero-order valence-electron chi connectivity index (χ0n) is 22.1. The normalized spacial score (nSPS) is 20.4. The Labute approximate surface area is 233 Å². The van der Waals surface area contributed by atoms with E-state index in [9.17, 15) is 22.9 Å². The van der Waals surface area contributed by atoms with Crippen LogP contribution in [0.5, 0.6) is 5.75 Å². The lowest BCUT2D eigenvalue weighted by molar-refractivity contribution is 0.0135. The second kappa shape index (κ2) is 11.3. The number of nitrogens with zero attached hydrogens (tertiary/aromatic N) is 2. The van der Waals surface area contributed by atoms with Gasteiger partial charge in [-0.2, -0.15) is 0 Å². The molecule has 2 saturated heterocycles. The first-order chi connectivity index (χ1) is 16.9. The van der Waals surface area contributed by atoms with Crippen LogP contribution in [0.4, 0.5) is 4.79 Å². The highest BCUT2D eigenvalue weighted by molar-refractivity contribution is 7.90. The van der Waals surface area contributed by atoms with Crippen LogP contribution in [0.2, 0.25) is 10.0 Å². The number of hydrogen-bond donors (Lipinski definition) is 2. The van der Waals surface area contributed by atoms with E-state index in [-0.39, 0.29) is 47.9 Å². The molecular formula is C24H37Cl2N3O6S2. The van der Waals surface area contributed by atoms with Gasteiger partial charge in [-0.1, -0.05) is 23.2 Å². The van der Waals surface area contributed by atoms with E-state index in [4.69, 9.17) is 27.9 Å². The van der Waals surface area contributed by atoms with E-state index < -0.39 is 49.1 Å². The first-order valence-electron chi connectivity index (χ1n) is 12.2. The molecule has 1 amide bonds. The maximum Gasteiger partial charge on any atom is 0.410 e. The van der Waals surface area contributed by atoms with Crippen molar-refractivity contribution < 1.29 is 27.6 Å². The predicted octanol–water partition coefficient (Wildman–Crippen LogP) is 4.45. The lowest BCUT2D eigenvalue weighted by Gasteiger charge is -2.43. The van der Waals surface area contributed by atoms with E-state index in [0.717, 1.165) is 0 Å². The fourth-order valence-corrected chi connectivity index (χ4v) is 7.39. The Balaban J connectivity index is 1.70. The lowest BCUT2D eigenvalue weighted by atomic mass is 9.86. The van der Waals surface area contributed by atoms with Crippen LogP contribution in [0, 0.1) is 5.92 Å². The van der Waals surface area contributed by atoms with Crippen LogP contribution in [0.15, 0.2) is 12.1 Å². The van der Waals surface area contributed by atoms with E-state index in [2.05, 4.69) is 4.72 Å². The van der Waals surface area contributed by atoms with E-state index in [0.29, 0.717) is 18.4 Å². The number of carbonyl (C=O) groups is 1. The van der Waals surface area contributed by atoms with Gasteiger partial charge in [0.1, 0.15) is 21.3 Å². The fourth-order valence-electron chi connectivity index (χ4n) is 4.28. The van der Waals surface area contributed by atoms with Gasteiger partial charge in [0.05, 0.1) is 16.1 Å². The van der Waals surface area contributed by atoms with Crippen molar-refractivity contribution >= 4 is 50.7 Å². The molecule has 2 atom stereocenters. The molecule has 2 fully saturated rings. The number of phenolic OH excluding ortho intramolecular Hbond substituents is 1. The smallest absolute Gasteiger partial charge is 0.410 e. The van der Waals surface area contributed by atoms with Gasteiger partial charge >= 0.3 is 6.09 Å². The molecule has 0 aromatic heterocycles. The first kappa shape index (κ1) is 30.6. The second-order valence-electron chi connectivity index (χ2n) is 11.6. The summed E-state index contributed by atoms with van der Waals surface area (Å²) in [6.45, 7) is 11.6. The van der Waals surface area contributed by atoms with E-state index in [1.807, 2.05) is 20.8 Å². The molecule has 9 nitrogen and oxygen atoms in total. The number of hydrogen-bond acceptors (Lipinski definition) is 7. The summed E-state index contributed by atoms with van der Waals surface area (Å²) in [5.41, 5.74) is -0.173. The van der Waals surface area contributed by atoms with Gasteiger partial charge in [-0.25, -0.2) is 17.5 Å². The molecule has 210 valence electrons. The number of piperidine rings is 1. The Morgan fingerprint density at radius 3 is 2.19 bits per heavy atom. The van der Waals surface area contributed by atoms with Gasteiger partial charge in [-0.3, -0.25) is 0 Å². The predicted molar refractivity (Wildman–Crippen MR) is 147 cm³/mol. The summed E-state index contributed by atoms with van der Waals surface area (Å²) in [6.07, 6.45) is 0.459. The van der Waals surface area contributed by atoms with Crippen molar-refractivity contribution in [3.05, 3.63) is 27.7 Å². The number of ether oxygens (including phenoxy) is 1. The van der Waals surface area contributed by atoms with Crippen LogP contribution in [0.3, 0.4) is 0 Å². The highest BCUT2D eigenvalue weighted by Gasteiger charge is 2.46. The van der Waals surface area contributed by atoms with Crippen LogP contribution in [0.1, 0.15) is 66.0 Å². The molecule has 0 spiro atoms. The number of phenols is 1. The summed E-state index contributed by atoms with van der Waals surface area (Å²) in [4.78, 5) is 13.6. The molecule has 3 rings (SSSR count). The number of amides is 1. The molecule has 0 radical (unpaired) electrons. The first-order valence-corrected chi connectivity index (χ1v) is 15.6. The summed E-state index contributed by atoms with van der Waals surface area (Å²) in [5, 5.41) is 10.4. The third-order valence-electron chi connectivity index (χ3n) is 6.45. The molecule has 2 heterocycles. The SMILES string of the molecule is CC(C)(C)OC(=O)N1CC(S(=O)(=O)N2CCC(C(N[S+]([O-])C(C)(C)C)c3cc(Cl)c(Cl)cc3O)CC2)C1. The molecule has 1 aromatic rings. The summed E-state index contributed by atoms with van der Waals surface area (Å²) >= 11 is 10.8. The van der Waals surface area contributed by atoms with Gasteiger partial charge in [0.2, 0.25) is 10.0 Å². The minimum atomic E-state index is -3.60. The van der Waals surface area contributed by atoms with Crippen LogP contribution < -0.4 is 4.72 Å². The number of carbonyl (C=O) groups excluding carboxylic acids is 1. The summed E-state index contributed by atoms with van der Waals surface area (Å²) < 4.78 is 48.8. The van der Waals surface area contributed by atoms with Crippen molar-refractivity contribution in [1.82, 2.24) is 13.9 Å². The van der Waals surface area contributed by atoms with Crippen LogP contribution >= 0.6 is 23.2 Å². The van der Waals surface area contributed by atoms with Crippen molar-refractivity contribution in [2.45, 2.75) is 76.0 Å². The van der Waals surface area contributed by atoms with Gasteiger partial charge in [-0.15, -0.1) is 4.72 Å². The number of likely N-dealkylation sites (tertiary alicyclic amines) is 1. The minimum absolute atomic E-state index is 0.0652. The third-order valence-corrected chi connectivity index (χ3v) is 11.0. The largest absolute Gasteiger partial charge is 0.598 e. The Kier molecular flexibility index (Phi) is 9.32. The summed E-state index contributed by atoms with van der Waals surface area (Å²) in [7, 11) is -3.60. The number of rotatable bonds is 6. The number of benzene rings is 1. The molecule has 2 aliphatic rings. The Morgan fingerprint density at radius 1 is 1.14 bits per heavy atom. The number of aromatic hydroxyl groups is 1. The highest BCUT2D eigenvalue weighted by Crippen LogP contribution is 2.41. The quantitative estimate of drug-likeness (QED) is 0.464. The molecular weight excluding hydrogens is 561 g/mol. The molecule has 2 unspecified atom stereocenters. The van der Waals surface area contributed by atoms with Crippen LogP contribution in [-0.2, 0) is 26.1 Å². The zero-order valence-corrected chi connectivity index (χ0v) is 25.2. The van der Waals surface area contributed by atoms with Crippen molar-refractivity contribution in [2.75, 3.05) is 26.2 Å². The Hall–Kier alpha value is -0.950. The standard InChI is InChI=1S/C24H37Cl2N3O6S2/c1-23(2,3)35-22(31)28-13-16(14-28)37(33,34)29-9-7-15(8-10-29)21(27-36(32)24(4,5)6)17-11-18(25)19(26)12-20(17)30/h11-12,15-16,21,27,30H,7-10,13-14H2,1-6H3. The van der Waals surface area contributed by atoms with Crippen molar-refractivity contribution in [2.24, 2.45) is 5.92 Å². The van der Waals surface area contributed by atoms with Gasteiger partial charge in [0, 0.05) is 49.2 Å². The fraction of sp³-hybridized carbons (Fsp3) is 0.708. The van der Waals surface area contributed by atoms with Gasteiger partial charge in [-0.05, 0) is 66.4 Å². The van der Waals surface area contributed by atoms with Crippen molar-refractivity contribution in [3.63, 3.8) is 0 Å². The molecule has 2 aliphatic heterocycles.